The number of hydrogen-bond donors (Lipinski definition) is 1. The van der Waals surface area contributed by atoms with Gasteiger partial charge in [-0.2, -0.15) is 13.2 Å². The van der Waals surface area contributed by atoms with Crippen LogP contribution in [0.2, 0.25) is 0 Å². The molecular weight excluding hydrogens is 229 g/mol. The lowest BCUT2D eigenvalue weighted by molar-refractivity contribution is -0.158. The number of rotatable bonds is 5. The molecule has 1 aliphatic rings. The van der Waals surface area contributed by atoms with Gasteiger partial charge in [0.2, 0.25) is 0 Å². The molecule has 5 heteroatoms. The first-order chi connectivity index (χ1) is 7.98. The van der Waals surface area contributed by atoms with Crippen molar-refractivity contribution in [2.45, 2.75) is 57.8 Å². The van der Waals surface area contributed by atoms with Crippen LogP contribution in [-0.4, -0.2) is 42.8 Å². The van der Waals surface area contributed by atoms with Crippen molar-refractivity contribution in [3.8, 4) is 0 Å². The third-order valence-corrected chi connectivity index (χ3v) is 3.55. The van der Waals surface area contributed by atoms with E-state index in [-0.39, 0.29) is 12.1 Å². The molecule has 0 bridgehead atoms. The molecule has 1 saturated heterocycles. The molecule has 2 nitrogen and oxygen atoms in total. The highest BCUT2D eigenvalue weighted by Crippen LogP contribution is 2.25. The molecule has 0 atom stereocenters. The topological polar surface area (TPSA) is 15.3 Å². The molecule has 0 aromatic heterocycles. The van der Waals surface area contributed by atoms with Crippen molar-refractivity contribution in [1.29, 1.82) is 0 Å². The highest BCUT2D eigenvalue weighted by atomic mass is 19.4. The minimum Gasteiger partial charge on any atom is -0.317 e. The van der Waals surface area contributed by atoms with E-state index < -0.39 is 12.7 Å². The lowest BCUT2D eigenvalue weighted by Crippen LogP contribution is -2.51. The molecule has 0 radical (unpaired) electrons. The summed E-state index contributed by atoms with van der Waals surface area (Å²) in [5.74, 6) is 0. The van der Waals surface area contributed by atoms with Gasteiger partial charge in [0.15, 0.2) is 0 Å². The summed E-state index contributed by atoms with van der Waals surface area (Å²) >= 11 is 0. The van der Waals surface area contributed by atoms with E-state index in [1.165, 1.54) is 0 Å². The average Bonchev–Trinajstić information content (AvgIpc) is 2.29. The monoisotopic (exact) mass is 252 g/mol. The maximum Gasteiger partial charge on any atom is 0.401 e. The van der Waals surface area contributed by atoms with Crippen molar-refractivity contribution in [2.24, 2.45) is 0 Å². The molecule has 0 aliphatic carbocycles. The highest BCUT2D eigenvalue weighted by Gasteiger charge is 2.36. The molecule has 0 unspecified atom stereocenters. The van der Waals surface area contributed by atoms with Gasteiger partial charge in [-0.25, -0.2) is 0 Å². The number of nitrogens with zero attached hydrogens (tertiary/aromatic N) is 1. The summed E-state index contributed by atoms with van der Waals surface area (Å²) in [5, 5.41) is 3.20. The van der Waals surface area contributed by atoms with E-state index in [4.69, 9.17) is 0 Å². The van der Waals surface area contributed by atoms with Crippen LogP contribution in [0.25, 0.3) is 0 Å². The molecule has 0 spiro atoms. The van der Waals surface area contributed by atoms with Crippen LogP contribution >= 0.6 is 0 Å². The zero-order valence-corrected chi connectivity index (χ0v) is 10.7. The maximum atomic E-state index is 12.6. The van der Waals surface area contributed by atoms with Crippen molar-refractivity contribution >= 4 is 0 Å². The van der Waals surface area contributed by atoms with Gasteiger partial charge in [-0.3, -0.25) is 4.90 Å². The molecule has 1 rings (SSSR count). The largest absolute Gasteiger partial charge is 0.401 e. The number of alkyl halides is 3. The normalized spacial score (nSPS) is 19.2. The molecule has 1 heterocycles. The van der Waals surface area contributed by atoms with Gasteiger partial charge in [0.05, 0.1) is 6.54 Å². The number of hydrogen-bond acceptors (Lipinski definition) is 2. The molecule has 0 saturated carbocycles. The predicted octanol–water partition coefficient (Wildman–Crippen LogP) is 2.79. The first-order valence-electron chi connectivity index (χ1n) is 6.51. The Balaban J connectivity index is 2.69. The van der Waals surface area contributed by atoms with Gasteiger partial charge in [-0.1, -0.05) is 13.8 Å². The van der Waals surface area contributed by atoms with E-state index in [2.05, 4.69) is 5.32 Å². The zero-order valence-electron chi connectivity index (χ0n) is 10.7. The van der Waals surface area contributed by atoms with E-state index in [0.717, 1.165) is 38.8 Å². The van der Waals surface area contributed by atoms with Crippen molar-refractivity contribution in [3.05, 3.63) is 0 Å². The molecular formula is C12H23F3N2. The van der Waals surface area contributed by atoms with Crippen LogP contribution in [0.15, 0.2) is 0 Å². The number of nitrogens with one attached hydrogen (secondary N) is 1. The van der Waals surface area contributed by atoms with Crippen LogP contribution in [0.4, 0.5) is 13.2 Å². The zero-order chi connectivity index (χ0) is 12.9. The van der Waals surface area contributed by atoms with Gasteiger partial charge in [-0.05, 0) is 38.8 Å². The summed E-state index contributed by atoms with van der Waals surface area (Å²) in [6.07, 6.45) is -0.861. The van der Waals surface area contributed by atoms with Crippen LogP contribution in [0, 0.1) is 0 Å². The molecule has 17 heavy (non-hydrogen) atoms. The van der Waals surface area contributed by atoms with Crippen LogP contribution in [0.1, 0.15) is 39.5 Å². The second-order valence-corrected chi connectivity index (χ2v) is 4.74. The molecule has 1 fully saturated rings. The van der Waals surface area contributed by atoms with E-state index in [0.29, 0.717) is 0 Å². The summed E-state index contributed by atoms with van der Waals surface area (Å²) < 4.78 is 37.9. The van der Waals surface area contributed by atoms with Gasteiger partial charge in [0, 0.05) is 12.1 Å². The first kappa shape index (κ1) is 14.8. The van der Waals surface area contributed by atoms with Crippen LogP contribution in [-0.2, 0) is 0 Å². The third-order valence-electron chi connectivity index (χ3n) is 3.55. The van der Waals surface area contributed by atoms with Crippen LogP contribution < -0.4 is 5.32 Å². The highest BCUT2D eigenvalue weighted by molar-refractivity contribution is 4.83. The Morgan fingerprint density at radius 2 is 1.71 bits per heavy atom. The second kappa shape index (κ2) is 6.59. The fourth-order valence-electron chi connectivity index (χ4n) is 2.66. The fraction of sp³-hybridized carbons (Fsp3) is 1.00. The van der Waals surface area contributed by atoms with Crippen LogP contribution in [0.5, 0.6) is 0 Å². The molecule has 0 amide bonds. The Morgan fingerprint density at radius 1 is 1.18 bits per heavy atom. The van der Waals surface area contributed by atoms with E-state index in [1.807, 2.05) is 13.8 Å². The van der Waals surface area contributed by atoms with Crippen molar-refractivity contribution in [1.82, 2.24) is 10.2 Å². The lowest BCUT2D eigenvalue weighted by atomic mass is 10.00. The maximum absolute atomic E-state index is 12.6. The van der Waals surface area contributed by atoms with Crippen molar-refractivity contribution < 1.29 is 13.2 Å². The summed E-state index contributed by atoms with van der Waals surface area (Å²) in [6.45, 7) is 4.85. The Kier molecular flexibility index (Phi) is 5.73. The summed E-state index contributed by atoms with van der Waals surface area (Å²) in [5.41, 5.74) is 0. The Hall–Kier alpha value is -0.290. The minimum absolute atomic E-state index is 0.0553. The quantitative estimate of drug-likeness (QED) is 0.809. The van der Waals surface area contributed by atoms with Gasteiger partial charge >= 0.3 is 6.18 Å². The van der Waals surface area contributed by atoms with Crippen molar-refractivity contribution in [2.75, 3.05) is 19.6 Å². The van der Waals surface area contributed by atoms with Crippen LogP contribution in [0.3, 0.4) is 0 Å². The molecule has 0 aromatic carbocycles. The van der Waals surface area contributed by atoms with Gasteiger partial charge in [-0.15, -0.1) is 0 Å². The van der Waals surface area contributed by atoms with Gasteiger partial charge in [0.25, 0.3) is 0 Å². The Morgan fingerprint density at radius 3 is 2.12 bits per heavy atom. The lowest BCUT2D eigenvalue weighted by Gasteiger charge is -2.40. The van der Waals surface area contributed by atoms with E-state index in [9.17, 15) is 13.2 Å². The van der Waals surface area contributed by atoms with E-state index >= 15 is 0 Å². The first-order valence-corrected chi connectivity index (χ1v) is 6.51. The predicted molar refractivity (Wildman–Crippen MR) is 63.0 cm³/mol. The summed E-state index contributed by atoms with van der Waals surface area (Å²) in [7, 11) is 0. The van der Waals surface area contributed by atoms with Crippen molar-refractivity contribution in [3.63, 3.8) is 0 Å². The third kappa shape index (κ3) is 4.84. The second-order valence-electron chi connectivity index (χ2n) is 4.74. The van der Waals surface area contributed by atoms with Gasteiger partial charge in [0.1, 0.15) is 0 Å². The molecule has 0 aromatic rings. The summed E-state index contributed by atoms with van der Waals surface area (Å²) in [4.78, 5) is 1.68. The smallest absolute Gasteiger partial charge is 0.317 e. The molecule has 1 aliphatic heterocycles. The number of halogens is 3. The Labute approximate surface area is 102 Å². The average molecular weight is 252 g/mol. The minimum atomic E-state index is -4.09. The molecule has 102 valence electrons. The standard InChI is InChI=1S/C12H23F3N2/c1-3-10(4-2)17(9-12(13,14)15)11-5-7-16-8-6-11/h10-11,16H,3-9H2,1-2H3. The summed E-state index contributed by atoms with van der Waals surface area (Å²) in [6, 6.07) is 0.141. The van der Waals surface area contributed by atoms with Gasteiger partial charge < -0.3 is 5.32 Å². The Bertz CT molecular complexity index is 208. The molecule has 1 N–H and O–H groups in total. The SMILES string of the molecule is CCC(CC)N(CC(F)(F)F)C1CCNCC1. The number of piperidine rings is 1. The van der Waals surface area contributed by atoms with E-state index in [1.54, 1.807) is 4.90 Å². The fourth-order valence-corrected chi connectivity index (χ4v) is 2.66.